The van der Waals surface area contributed by atoms with E-state index in [1.165, 1.54) is 6.42 Å². The highest BCUT2D eigenvalue weighted by molar-refractivity contribution is 5.18. The molecule has 1 radical (unpaired) electrons. The van der Waals surface area contributed by atoms with E-state index in [-0.39, 0.29) is 5.41 Å². The molecule has 0 aromatic heterocycles. The Hall–Kier alpha value is 0. The molecule has 0 heterocycles. The van der Waals surface area contributed by atoms with Crippen molar-refractivity contribution in [1.82, 2.24) is 0 Å². The molecule has 0 saturated carbocycles. The third-order valence-electron chi connectivity index (χ3n) is 4.40. The van der Waals surface area contributed by atoms with Gasteiger partial charge in [0.05, 0.1) is 0 Å². The van der Waals surface area contributed by atoms with Gasteiger partial charge < -0.3 is 0 Å². The van der Waals surface area contributed by atoms with Crippen molar-refractivity contribution in [2.45, 2.75) is 75.7 Å². The lowest BCUT2D eigenvalue weighted by molar-refractivity contribution is 0.105. The molecule has 0 aliphatic rings. The van der Waals surface area contributed by atoms with Crippen LogP contribution < -0.4 is 0 Å². The van der Waals surface area contributed by atoms with Gasteiger partial charge in [0, 0.05) is 0 Å². The van der Waals surface area contributed by atoms with Crippen LogP contribution in [-0.4, -0.2) is 0 Å². The second-order valence-corrected chi connectivity index (χ2v) is 7.74. The van der Waals surface area contributed by atoms with Crippen molar-refractivity contribution in [3.63, 3.8) is 0 Å². The van der Waals surface area contributed by atoms with Crippen LogP contribution >= 0.6 is 0 Å². The second kappa shape index (κ2) is 4.70. The van der Waals surface area contributed by atoms with E-state index in [1.807, 2.05) is 0 Å². The van der Waals surface area contributed by atoms with Crippen LogP contribution in [0.1, 0.15) is 75.7 Å². The highest BCUT2D eigenvalue weighted by Gasteiger charge is 2.47. The Morgan fingerprint density at radius 3 is 1.44 bits per heavy atom. The van der Waals surface area contributed by atoms with E-state index >= 15 is 0 Å². The molecule has 97 valence electrons. The van der Waals surface area contributed by atoms with Gasteiger partial charge in [-0.1, -0.05) is 75.7 Å². The van der Waals surface area contributed by atoms with Gasteiger partial charge in [0.25, 0.3) is 0 Å². The largest absolute Gasteiger partial charge is 0.0649 e. The zero-order chi connectivity index (χ0) is 13.4. The van der Waals surface area contributed by atoms with Gasteiger partial charge >= 0.3 is 0 Å². The molecule has 16 heavy (non-hydrogen) atoms. The van der Waals surface area contributed by atoms with Crippen LogP contribution in [0, 0.1) is 28.1 Å². The molecule has 0 spiro atoms. The Kier molecular flexibility index (Phi) is 4.70. The minimum atomic E-state index is 0.285. The first-order chi connectivity index (χ1) is 6.87. The van der Waals surface area contributed by atoms with Crippen LogP contribution in [0.4, 0.5) is 0 Å². The lowest BCUT2D eigenvalue weighted by Gasteiger charge is -2.53. The van der Waals surface area contributed by atoms with Crippen LogP contribution in [0.5, 0.6) is 0 Å². The number of rotatable bonds is 4. The summed E-state index contributed by atoms with van der Waals surface area (Å²) in [5.74, 6) is 2.40. The lowest BCUT2D eigenvalue weighted by Crippen LogP contribution is -2.44. The first-order valence-corrected chi connectivity index (χ1v) is 6.75. The molecule has 0 amide bonds. The molecule has 0 heteroatoms. The summed E-state index contributed by atoms with van der Waals surface area (Å²) >= 11 is 0. The van der Waals surface area contributed by atoms with E-state index in [2.05, 4.69) is 69.2 Å². The molecule has 0 atom stereocenters. The number of hydrogen-bond acceptors (Lipinski definition) is 0. The summed E-state index contributed by atoms with van der Waals surface area (Å²) in [6, 6.07) is 0. The van der Waals surface area contributed by atoms with Gasteiger partial charge in [-0.05, 0) is 28.1 Å². The quantitative estimate of drug-likeness (QED) is 0.573. The third-order valence-corrected chi connectivity index (χ3v) is 4.40. The van der Waals surface area contributed by atoms with Gasteiger partial charge in [-0.15, -0.1) is 0 Å². The van der Waals surface area contributed by atoms with Crippen LogP contribution in [0.2, 0.25) is 0 Å². The molecule has 0 bridgehead atoms. The Balaban J connectivity index is 5.45. The predicted molar refractivity (Wildman–Crippen MR) is 75.4 cm³/mol. The molecule has 0 aromatic carbocycles. The highest BCUT2D eigenvalue weighted by Crippen LogP contribution is 2.56. The molecule has 0 unspecified atom stereocenters. The van der Waals surface area contributed by atoms with Crippen molar-refractivity contribution < 1.29 is 0 Å². The predicted octanol–water partition coefficient (Wildman–Crippen LogP) is 5.73. The van der Waals surface area contributed by atoms with Gasteiger partial charge in [0.1, 0.15) is 0 Å². The highest BCUT2D eigenvalue weighted by atomic mass is 14.5. The van der Waals surface area contributed by atoms with E-state index < -0.39 is 0 Å². The normalized spacial score (nSPS) is 15.0. The van der Waals surface area contributed by atoms with Crippen LogP contribution in [0.3, 0.4) is 0 Å². The summed E-state index contributed by atoms with van der Waals surface area (Å²) in [5.41, 5.74) is 0.914. The molecule has 0 aliphatic carbocycles. The van der Waals surface area contributed by atoms with Crippen molar-refractivity contribution in [1.29, 1.82) is 0 Å². The average molecular weight is 225 g/mol. The van der Waals surface area contributed by atoms with Gasteiger partial charge in [-0.25, -0.2) is 0 Å². The summed E-state index contributed by atoms with van der Waals surface area (Å²) in [7, 11) is 0. The molecule has 0 saturated heterocycles. The fourth-order valence-corrected chi connectivity index (χ4v) is 3.32. The molecular weight excluding hydrogens is 192 g/mol. The Bertz CT molecular complexity index is 213. The third kappa shape index (κ3) is 3.25. The standard InChI is InChI=1S/C16H33/c1-11-15(7,8)13(14(4,5)6)16(9,10)12(2)3/h12H,11H2,1-10H3. The molecule has 0 nitrogen and oxygen atoms in total. The van der Waals surface area contributed by atoms with E-state index in [0.717, 1.165) is 0 Å². The zero-order valence-corrected chi connectivity index (χ0v) is 13.3. The fourth-order valence-electron chi connectivity index (χ4n) is 3.32. The minimum absolute atomic E-state index is 0.285. The molecule has 0 fully saturated rings. The first-order valence-electron chi connectivity index (χ1n) is 6.75. The van der Waals surface area contributed by atoms with E-state index in [1.54, 1.807) is 5.92 Å². The molecule has 0 N–H and O–H groups in total. The van der Waals surface area contributed by atoms with E-state index in [4.69, 9.17) is 0 Å². The van der Waals surface area contributed by atoms with Crippen molar-refractivity contribution in [3.8, 4) is 0 Å². The topological polar surface area (TPSA) is 0 Å². The molecule has 0 aliphatic heterocycles. The van der Waals surface area contributed by atoms with Gasteiger partial charge in [0.2, 0.25) is 0 Å². The Labute approximate surface area is 104 Å². The smallest absolute Gasteiger partial charge is 0.00724 e. The average Bonchev–Trinajstić information content (AvgIpc) is 1.99. The maximum absolute atomic E-state index is 2.41. The van der Waals surface area contributed by atoms with Crippen LogP contribution in [0.15, 0.2) is 0 Å². The summed E-state index contributed by atoms with van der Waals surface area (Å²) < 4.78 is 0. The second-order valence-electron chi connectivity index (χ2n) is 7.74. The molecule has 0 rings (SSSR count). The van der Waals surface area contributed by atoms with Crippen molar-refractivity contribution >= 4 is 0 Å². The van der Waals surface area contributed by atoms with Crippen LogP contribution in [-0.2, 0) is 0 Å². The molecular formula is C16H33. The minimum Gasteiger partial charge on any atom is -0.0649 e. The van der Waals surface area contributed by atoms with Crippen molar-refractivity contribution in [3.05, 3.63) is 5.92 Å². The van der Waals surface area contributed by atoms with Crippen molar-refractivity contribution in [2.24, 2.45) is 22.2 Å². The summed E-state index contributed by atoms with van der Waals surface area (Å²) in [6.07, 6.45) is 1.22. The van der Waals surface area contributed by atoms with E-state index in [0.29, 0.717) is 16.7 Å². The van der Waals surface area contributed by atoms with E-state index in [9.17, 15) is 0 Å². The maximum atomic E-state index is 2.41. The Morgan fingerprint density at radius 2 is 1.25 bits per heavy atom. The summed E-state index contributed by atoms with van der Waals surface area (Å²) in [5, 5.41) is 0. The lowest BCUT2D eigenvalue weighted by atomic mass is 9.52. The zero-order valence-electron chi connectivity index (χ0n) is 13.3. The summed E-state index contributed by atoms with van der Waals surface area (Å²) in [6.45, 7) is 23.7. The summed E-state index contributed by atoms with van der Waals surface area (Å²) in [4.78, 5) is 0. The molecule has 0 aromatic rings. The van der Waals surface area contributed by atoms with Crippen LogP contribution in [0.25, 0.3) is 0 Å². The van der Waals surface area contributed by atoms with Gasteiger partial charge in [-0.2, -0.15) is 0 Å². The number of hydrogen-bond donors (Lipinski definition) is 0. The van der Waals surface area contributed by atoms with Gasteiger partial charge in [-0.3, -0.25) is 0 Å². The van der Waals surface area contributed by atoms with Crippen molar-refractivity contribution in [2.75, 3.05) is 0 Å². The maximum Gasteiger partial charge on any atom is -0.00724 e. The Morgan fingerprint density at radius 1 is 0.875 bits per heavy atom. The monoisotopic (exact) mass is 225 g/mol. The SMILES string of the molecule is CCC(C)(C)[C](C(C)(C)C)C(C)(C)C(C)C. The fraction of sp³-hybridized carbons (Fsp3) is 0.938. The van der Waals surface area contributed by atoms with Gasteiger partial charge in [0.15, 0.2) is 0 Å². The first kappa shape index (κ1) is 16.0.